The van der Waals surface area contributed by atoms with E-state index < -0.39 is 40.3 Å². The topological polar surface area (TPSA) is 124 Å². The van der Waals surface area contributed by atoms with E-state index in [9.17, 15) is 19.2 Å². The second kappa shape index (κ2) is 15.5. The lowest BCUT2D eigenvalue weighted by atomic mass is 10.2. The molecule has 39 heavy (non-hydrogen) atoms. The van der Waals surface area contributed by atoms with Gasteiger partial charge in [0.2, 0.25) is 0 Å². The fourth-order valence-electron chi connectivity index (χ4n) is 3.24. The first-order chi connectivity index (χ1) is 17.4. The summed E-state index contributed by atoms with van der Waals surface area (Å²) < 4.78 is 21.7. The highest BCUT2D eigenvalue weighted by atomic mass is 16.6. The van der Waals surface area contributed by atoms with Crippen LogP contribution in [0.5, 0.6) is 0 Å². The molecule has 0 heterocycles. The third kappa shape index (κ3) is 23.4. The highest BCUT2D eigenvalue weighted by Gasteiger charge is 2.25. The third-order valence-electron chi connectivity index (χ3n) is 4.34. The number of nitrogens with one attached hydrogen (secondary N) is 1. The summed E-state index contributed by atoms with van der Waals surface area (Å²) >= 11 is 0. The SMILES string of the molecule is CC(C)(C)OC(=O)CNCCN(CCN(CC(=O)OC(C)(C)C)CC(=O)OC(C)(C)C)CC(=O)OC(C)(C)C. The number of esters is 4. The van der Waals surface area contributed by atoms with Gasteiger partial charge in [0, 0.05) is 26.2 Å². The van der Waals surface area contributed by atoms with Crippen molar-refractivity contribution >= 4 is 23.9 Å². The van der Waals surface area contributed by atoms with Gasteiger partial charge in [-0.25, -0.2) is 0 Å². The average Bonchev–Trinajstić information content (AvgIpc) is 2.62. The van der Waals surface area contributed by atoms with E-state index in [-0.39, 0.29) is 38.7 Å². The zero-order valence-corrected chi connectivity index (χ0v) is 26.3. The van der Waals surface area contributed by atoms with Crippen molar-refractivity contribution in [2.24, 2.45) is 0 Å². The van der Waals surface area contributed by atoms with Gasteiger partial charge in [0.1, 0.15) is 22.4 Å². The van der Waals surface area contributed by atoms with E-state index in [1.54, 1.807) is 88.0 Å². The minimum atomic E-state index is -0.669. The smallest absolute Gasteiger partial charge is 0.320 e. The van der Waals surface area contributed by atoms with Crippen LogP contribution in [0.3, 0.4) is 0 Å². The van der Waals surface area contributed by atoms with Crippen LogP contribution in [0.4, 0.5) is 0 Å². The molecule has 0 aromatic carbocycles. The Morgan fingerprint density at radius 3 is 1.15 bits per heavy atom. The maximum Gasteiger partial charge on any atom is 0.320 e. The maximum absolute atomic E-state index is 12.6. The van der Waals surface area contributed by atoms with Crippen molar-refractivity contribution in [3.63, 3.8) is 0 Å². The molecule has 0 aliphatic rings. The molecule has 0 atom stereocenters. The summed E-state index contributed by atoms with van der Waals surface area (Å²) in [7, 11) is 0. The molecule has 11 heteroatoms. The fraction of sp³-hybridized carbons (Fsp3) is 0.857. The second-order valence-corrected chi connectivity index (χ2v) is 13.5. The van der Waals surface area contributed by atoms with Crippen LogP contribution in [0.1, 0.15) is 83.1 Å². The molecule has 0 fully saturated rings. The number of hydrogen-bond donors (Lipinski definition) is 1. The normalized spacial score (nSPS) is 12.9. The molecule has 0 aromatic heterocycles. The zero-order chi connectivity index (χ0) is 30.7. The molecule has 0 bridgehead atoms. The zero-order valence-electron chi connectivity index (χ0n) is 26.3. The minimum Gasteiger partial charge on any atom is -0.459 e. The van der Waals surface area contributed by atoms with Gasteiger partial charge in [0.15, 0.2) is 0 Å². The molecular formula is C28H53N3O8. The Morgan fingerprint density at radius 1 is 0.487 bits per heavy atom. The molecule has 0 aliphatic heterocycles. The van der Waals surface area contributed by atoms with E-state index in [0.29, 0.717) is 19.6 Å². The molecule has 0 saturated heterocycles. The van der Waals surface area contributed by atoms with Gasteiger partial charge < -0.3 is 24.3 Å². The van der Waals surface area contributed by atoms with Crippen molar-refractivity contribution in [2.45, 2.75) is 105 Å². The Labute approximate surface area is 235 Å². The molecule has 11 nitrogen and oxygen atoms in total. The molecule has 0 unspecified atom stereocenters. The number of carbonyl (C=O) groups excluding carboxylic acids is 4. The third-order valence-corrected chi connectivity index (χ3v) is 4.34. The molecule has 0 aliphatic carbocycles. The van der Waals surface area contributed by atoms with Crippen LogP contribution in [0.15, 0.2) is 0 Å². The van der Waals surface area contributed by atoms with E-state index >= 15 is 0 Å². The Hall–Kier alpha value is -2.24. The molecule has 0 spiro atoms. The van der Waals surface area contributed by atoms with Crippen LogP contribution in [0.2, 0.25) is 0 Å². The quantitative estimate of drug-likeness (QED) is 0.192. The molecule has 0 saturated carbocycles. The first-order valence-electron chi connectivity index (χ1n) is 13.5. The summed E-state index contributed by atoms with van der Waals surface area (Å²) in [5, 5.41) is 3.03. The summed E-state index contributed by atoms with van der Waals surface area (Å²) in [4.78, 5) is 53.1. The molecule has 228 valence electrons. The number of nitrogens with zero attached hydrogens (tertiary/aromatic N) is 2. The molecule has 0 amide bonds. The summed E-state index contributed by atoms with van der Waals surface area (Å²) in [6.07, 6.45) is 0. The highest BCUT2D eigenvalue weighted by molar-refractivity contribution is 5.75. The van der Waals surface area contributed by atoms with Gasteiger partial charge in [0.05, 0.1) is 26.2 Å². The van der Waals surface area contributed by atoms with E-state index in [0.717, 1.165) is 0 Å². The lowest BCUT2D eigenvalue weighted by Crippen LogP contribution is -2.46. The van der Waals surface area contributed by atoms with Crippen LogP contribution >= 0.6 is 0 Å². The molecule has 0 rings (SSSR count). The van der Waals surface area contributed by atoms with Gasteiger partial charge in [0.25, 0.3) is 0 Å². The van der Waals surface area contributed by atoms with Crippen LogP contribution in [-0.4, -0.2) is 108 Å². The van der Waals surface area contributed by atoms with Crippen LogP contribution in [0.25, 0.3) is 0 Å². The lowest BCUT2D eigenvalue weighted by molar-refractivity contribution is -0.161. The van der Waals surface area contributed by atoms with Crippen LogP contribution in [-0.2, 0) is 38.1 Å². The van der Waals surface area contributed by atoms with Gasteiger partial charge in [-0.05, 0) is 83.1 Å². The molecule has 0 aromatic rings. The largest absolute Gasteiger partial charge is 0.459 e. The van der Waals surface area contributed by atoms with Crippen molar-refractivity contribution in [2.75, 3.05) is 52.4 Å². The van der Waals surface area contributed by atoms with Gasteiger partial charge in [-0.2, -0.15) is 0 Å². The Kier molecular flexibility index (Phi) is 14.6. The standard InChI is InChI=1S/C28H53N3O8/c1-25(2,3)36-21(32)17-29-13-14-30(18-22(33)37-26(4,5)6)15-16-31(19-23(34)38-27(7,8)9)20-24(35)39-28(10,11)12/h29H,13-20H2,1-12H3. The van der Waals surface area contributed by atoms with Gasteiger partial charge in [-0.3, -0.25) is 29.0 Å². The first kappa shape index (κ1) is 36.8. The highest BCUT2D eigenvalue weighted by Crippen LogP contribution is 2.11. The monoisotopic (exact) mass is 559 g/mol. The van der Waals surface area contributed by atoms with Crippen molar-refractivity contribution < 1.29 is 38.1 Å². The Balaban J connectivity index is 5.38. The summed E-state index contributed by atoms with van der Waals surface area (Å²) in [6.45, 7) is 22.7. The molecule has 1 N–H and O–H groups in total. The lowest BCUT2D eigenvalue weighted by Gasteiger charge is -2.29. The second-order valence-electron chi connectivity index (χ2n) is 13.5. The minimum absolute atomic E-state index is 0.00188. The number of hydrogen-bond acceptors (Lipinski definition) is 11. The van der Waals surface area contributed by atoms with Gasteiger partial charge >= 0.3 is 23.9 Å². The van der Waals surface area contributed by atoms with E-state index in [4.69, 9.17) is 18.9 Å². The van der Waals surface area contributed by atoms with Crippen molar-refractivity contribution in [1.29, 1.82) is 0 Å². The summed E-state index contributed by atoms with van der Waals surface area (Å²) in [6, 6.07) is 0. The van der Waals surface area contributed by atoms with Gasteiger partial charge in [-0.15, -0.1) is 0 Å². The number of rotatable bonds is 14. The number of carbonyl (C=O) groups is 4. The Bertz CT molecular complexity index is 772. The van der Waals surface area contributed by atoms with E-state index in [2.05, 4.69) is 5.32 Å². The van der Waals surface area contributed by atoms with Crippen molar-refractivity contribution in [3.8, 4) is 0 Å². The average molecular weight is 560 g/mol. The predicted molar refractivity (Wildman–Crippen MR) is 149 cm³/mol. The summed E-state index contributed by atoms with van der Waals surface area (Å²) in [5.74, 6) is -1.71. The van der Waals surface area contributed by atoms with Crippen LogP contribution in [0, 0.1) is 0 Å². The predicted octanol–water partition coefficient (Wildman–Crippen LogP) is 2.55. The summed E-state index contributed by atoms with van der Waals surface area (Å²) in [5.41, 5.74) is -2.56. The fourth-order valence-corrected chi connectivity index (χ4v) is 3.24. The Morgan fingerprint density at radius 2 is 0.795 bits per heavy atom. The van der Waals surface area contributed by atoms with E-state index in [1.165, 1.54) is 0 Å². The van der Waals surface area contributed by atoms with Crippen molar-refractivity contribution in [1.82, 2.24) is 15.1 Å². The molecular weight excluding hydrogens is 506 g/mol. The first-order valence-corrected chi connectivity index (χ1v) is 13.5. The van der Waals surface area contributed by atoms with Gasteiger partial charge in [-0.1, -0.05) is 0 Å². The maximum atomic E-state index is 12.6. The molecule has 0 radical (unpaired) electrons. The van der Waals surface area contributed by atoms with Crippen molar-refractivity contribution in [3.05, 3.63) is 0 Å². The number of ether oxygens (including phenoxy) is 4. The van der Waals surface area contributed by atoms with Crippen LogP contribution < -0.4 is 5.32 Å². The van der Waals surface area contributed by atoms with E-state index in [1.807, 2.05) is 4.90 Å².